The van der Waals surface area contributed by atoms with Gasteiger partial charge in [-0.05, 0) is 51.4 Å². The Morgan fingerprint density at radius 1 is 1.37 bits per heavy atom. The number of aromatic carboxylic acids is 1. The Bertz CT molecular complexity index is 439. The average Bonchev–Trinajstić information content (AvgIpc) is 2.89. The summed E-state index contributed by atoms with van der Waals surface area (Å²) in [5, 5.41) is 9.04. The zero-order chi connectivity index (χ0) is 13.7. The third-order valence-electron chi connectivity index (χ3n) is 3.59. The molecular formula is C15H21NO3. The maximum absolute atomic E-state index is 11.0. The van der Waals surface area contributed by atoms with Gasteiger partial charge >= 0.3 is 5.97 Å². The van der Waals surface area contributed by atoms with Crippen molar-refractivity contribution in [2.24, 2.45) is 0 Å². The van der Waals surface area contributed by atoms with Crippen molar-refractivity contribution < 1.29 is 14.6 Å². The highest BCUT2D eigenvalue weighted by Crippen LogP contribution is 2.21. The van der Waals surface area contributed by atoms with Crippen molar-refractivity contribution in [2.75, 3.05) is 26.2 Å². The first-order chi connectivity index (χ1) is 9.18. The zero-order valence-corrected chi connectivity index (χ0v) is 11.4. The normalized spacial score (nSPS) is 15.6. The predicted molar refractivity (Wildman–Crippen MR) is 73.9 cm³/mol. The van der Waals surface area contributed by atoms with Crippen LogP contribution in [0.25, 0.3) is 0 Å². The molecule has 2 rings (SSSR count). The van der Waals surface area contributed by atoms with E-state index in [0.29, 0.717) is 23.5 Å². The monoisotopic (exact) mass is 263 g/mol. The number of nitrogens with zero attached hydrogens (tertiary/aromatic N) is 1. The van der Waals surface area contributed by atoms with Gasteiger partial charge in [0.25, 0.3) is 0 Å². The van der Waals surface area contributed by atoms with E-state index in [9.17, 15) is 4.79 Å². The molecule has 1 aliphatic rings. The Morgan fingerprint density at radius 3 is 2.79 bits per heavy atom. The molecule has 0 radical (unpaired) electrons. The van der Waals surface area contributed by atoms with Gasteiger partial charge in [-0.1, -0.05) is 6.07 Å². The maximum Gasteiger partial charge on any atom is 0.336 e. The Hall–Kier alpha value is -1.55. The van der Waals surface area contributed by atoms with Crippen molar-refractivity contribution in [1.82, 2.24) is 4.90 Å². The Morgan fingerprint density at radius 2 is 2.11 bits per heavy atom. The fourth-order valence-electron chi connectivity index (χ4n) is 2.48. The average molecular weight is 263 g/mol. The van der Waals surface area contributed by atoms with Gasteiger partial charge in [-0.3, -0.25) is 0 Å². The summed E-state index contributed by atoms with van der Waals surface area (Å²) in [5.41, 5.74) is 1.02. The van der Waals surface area contributed by atoms with Gasteiger partial charge in [0, 0.05) is 12.1 Å². The van der Waals surface area contributed by atoms with Crippen molar-refractivity contribution >= 4 is 5.97 Å². The van der Waals surface area contributed by atoms with Crippen LogP contribution in [0.1, 0.15) is 35.2 Å². The van der Waals surface area contributed by atoms with Gasteiger partial charge in [-0.15, -0.1) is 0 Å². The molecule has 0 aromatic heterocycles. The first-order valence-electron chi connectivity index (χ1n) is 6.86. The van der Waals surface area contributed by atoms with Crippen LogP contribution < -0.4 is 4.74 Å². The fourth-order valence-corrected chi connectivity index (χ4v) is 2.48. The van der Waals surface area contributed by atoms with E-state index < -0.39 is 5.97 Å². The SMILES string of the molecule is Cc1c(OCCCN2CCCC2)cccc1C(=O)O. The van der Waals surface area contributed by atoms with Crippen LogP contribution in [0.5, 0.6) is 5.75 Å². The van der Waals surface area contributed by atoms with E-state index in [0.717, 1.165) is 13.0 Å². The smallest absolute Gasteiger partial charge is 0.336 e. The molecule has 1 N–H and O–H groups in total. The molecule has 4 nitrogen and oxygen atoms in total. The molecule has 4 heteroatoms. The largest absolute Gasteiger partial charge is 0.493 e. The number of carboxylic acid groups (broad SMARTS) is 1. The minimum absolute atomic E-state index is 0.317. The molecule has 0 bridgehead atoms. The first-order valence-corrected chi connectivity index (χ1v) is 6.86. The summed E-state index contributed by atoms with van der Waals surface area (Å²) < 4.78 is 5.70. The molecule has 0 amide bonds. The topological polar surface area (TPSA) is 49.8 Å². The lowest BCUT2D eigenvalue weighted by Gasteiger charge is -2.15. The van der Waals surface area contributed by atoms with Crippen LogP contribution in [0, 0.1) is 6.92 Å². The Balaban J connectivity index is 1.82. The highest BCUT2D eigenvalue weighted by Gasteiger charge is 2.12. The highest BCUT2D eigenvalue weighted by molar-refractivity contribution is 5.90. The van der Waals surface area contributed by atoms with E-state index in [1.807, 2.05) is 6.07 Å². The van der Waals surface area contributed by atoms with Crippen molar-refractivity contribution in [3.63, 3.8) is 0 Å². The van der Waals surface area contributed by atoms with Crippen LogP contribution in [0.15, 0.2) is 18.2 Å². The van der Waals surface area contributed by atoms with E-state index in [1.54, 1.807) is 19.1 Å². The number of likely N-dealkylation sites (tertiary alicyclic amines) is 1. The number of rotatable bonds is 6. The number of carbonyl (C=O) groups is 1. The van der Waals surface area contributed by atoms with E-state index in [2.05, 4.69) is 4.90 Å². The minimum atomic E-state index is -0.903. The maximum atomic E-state index is 11.0. The van der Waals surface area contributed by atoms with E-state index in [1.165, 1.54) is 25.9 Å². The van der Waals surface area contributed by atoms with Crippen molar-refractivity contribution in [2.45, 2.75) is 26.2 Å². The molecule has 1 heterocycles. The lowest BCUT2D eigenvalue weighted by atomic mass is 10.1. The second-order valence-electron chi connectivity index (χ2n) is 4.98. The minimum Gasteiger partial charge on any atom is -0.493 e. The number of benzene rings is 1. The van der Waals surface area contributed by atoms with Gasteiger partial charge in [0.05, 0.1) is 12.2 Å². The quantitative estimate of drug-likeness (QED) is 0.801. The third-order valence-corrected chi connectivity index (χ3v) is 3.59. The molecule has 0 aliphatic carbocycles. The van der Waals surface area contributed by atoms with E-state index in [-0.39, 0.29) is 0 Å². The number of hydrogen-bond acceptors (Lipinski definition) is 3. The summed E-state index contributed by atoms with van der Waals surface area (Å²) in [7, 11) is 0. The second kappa shape index (κ2) is 6.57. The highest BCUT2D eigenvalue weighted by atomic mass is 16.5. The lowest BCUT2D eigenvalue weighted by molar-refractivity contribution is 0.0695. The molecule has 104 valence electrons. The van der Waals surface area contributed by atoms with Gasteiger partial charge in [-0.25, -0.2) is 4.79 Å². The molecule has 0 saturated carbocycles. The molecule has 19 heavy (non-hydrogen) atoms. The summed E-state index contributed by atoms with van der Waals surface area (Å²) in [6.45, 7) is 5.90. The van der Waals surface area contributed by atoms with E-state index in [4.69, 9.17) is 9.84 Å². The molecule has 0 unspecified atom stereocenters. The fraction of sp³-hybridized carbons (Fsp3) is 0.533. The van der Waals surface area contributed by atoms with Crippen molar-refractivity contribution in [1.29, 1.82) is 0 Å². The summed E-state index contributed by atoms with van der Waals surface area (Å²) >= 11 is 0. The van der Waals surface area contributed by atoms with Crippen LogP contribution >= 0.6 is 0 Å². The Kier molecular flexibility index (Phi) is 4.80. The van der Waals surface area contributed by atoms with Crippen LogP contribution in [0.3, 0.4) is 0 Å². The number of ether oxygens (including phenoxy) is 1. The van der Waals surface area contributed by atoms with Gasteiger partial charge in [-0.2, -0.15) is 0 Å². The summed E-state index contributed by atoms with van der Waals surface area (Å²) in [5.74, 6) is -0.221. The third kappa shape index (κ3) is 3.70. The van der Waals surface area contributed by atoms with Crippen molar-refractivity contribution in [3.8, 4) is 5.75 Å². The molecule has 1 aromatic rings. The van der Waals surface area contributed by atoms with Crippen molar-refractivity contribution in [3.05, 3.63) is 29.3 Å². The molecule has 1 aromatic carbocycles. The molecule has 0 atom stereocenters. The first kappa shape index (κ1) is 13.9. The van der Waals surface area contributed by atoms with E-state index >= 15 is 0 Å². The van der Waals surface area contributed by atoms with Gasteiger partial charge in [0.2, 0.25) is 0 Å². The standard InChI is InChI=1S/C15H21NO3/c1-12-13(15(17)18)6-4-7-14(12)19-11-5-10-16-8-2-3-9-16/h4,6-7H,2-3,5,8-11H2,1H3,(H,17,18). The van der Waals surface area contributed by atoms with Gasteiger partial charge in [0.1, 0.15) is 5.75 Å². The number of carboxylic acids is 1. The lowest BCUT2D eigenvalue weighted by Crippen LogP contribution is -2.22. The summed E-state index contributed by atoms with van der Waals surface area (Å²) in [6.07, 6.45) is 3.60. The van der Waals surface area contributed by atoms with Crippen LogP contribution in [-0.2, 0) is 0 Å². The predicted octanol–water partition coefficient (Wildman–Crippen LogP) is 2.56. The van der Waals surface area contributed by atoms with Gasteiger partial charge < -0.3 is 14.7 Å². The zero-order valence-electron chi connectivity index (χ0n) is 11.4. The van der Waals surface area contributed by atoms with Crippen LogP contribution in [0.2, 0.25) is 0 Å². The summed E-state index contributed by atoms with van der Waals surface area (Å²) in [6, 6.07) is 5.17. The van der Waals surface area contributed by atoms with Gasteiger partial charge in [0.15, 0.2) is 0 Å². The molecule has 1 fully saturated rings. The summed E-state index contributed by atoms with van der Waals surface area (Å²) in [4.78, 5) is 13.5. The second-order valence-corrected chi connectivity index (χ2v) is 4.98. The van der Waals surface area contributed by atoms with Crippen LogP contribution in [-0.4, -0.2) is 42.2 Å². The Labute approximate surface area is 114 Å². The van der Waals surface area contributed by atoms with Crippen LogP contribution in [0.4, 0.5) is 0 Å². The molecular weight excluding hydrogens is 242 g/mol. The molecule has 1 aliphatic heterocycles. The molecule has 1 saturated heterocycles. The number of hydrogen-bond donors (Lipinski definition) is 1. The molecule has 0 spiro atoms.